The molecule has 0 heterocycles. The minimum atomic E-state index is 0.529. The third-order valence-electron chi connectivity index (χ3n) is 8.42. The van der Waals surface area contributed by atoms with E-state index in [0.717, 1.165) is 42.2 Å². The van der Waals surface area contributed by atoms with Crippen molar-refractivity contribution in [1.29, 1.82) is 0 Å². The second-order valence-corrected chi connectivity index (χ2v) is 9.11. The number of oxime groups is 1. The second-order valence-electron chi connectivity index (χ2n) is 9.11. The number of hydrogen-bond acceptors (Lipinski definition) is 2. The van der Waals surface area contributed by atoms with E-state index >= 15 is 0 Å². The van der Waals surface area contributed by atoms with E-state index in [9.17, 15) is 0 Å². The van der Waals surface area contributed by atoms with Crippen molar-refractivity contribution in [2.24, 2.45) is 39.7 Å². The highest BCUT2D eigenvalue weighted by Gasteiger charge is 2.57. The lowest BCUT2D eigenvalue weighted by Gasteiger charge is -2.60. The highest BCUT2D eigenvalue weighted by molar-refractivity contribution is 5.85. The molecule has 4 aliphatic rings. The van der Waals surface area contributed by atoms with Crippen molar-refractivity contribution >= 4 is 5.71 Å². The summed E-state index contributed by atoms with van der Waals surface area (Å²) in [5, 5.41) is 12.7. The lowest BCUT2D eigenvalue weighted by atomic mass is 9.45. The van der Waals surface area contributed by atoms with E-state index in [1.807, 2.05) is 0 Å². The van der Waals surface area contributed by atoms with Gasteiger partial charge in [-0.3, -0.25) is 0 Å². The maximum atomic E-state index is 9.14. The summed E-state index contributed by atoms with van der Waals surface area (Å²) in [5.74, 6) is 3.75. The van der Waals surface area contributed by atoms with Gasteiger partial charge in [0, 0.05) is 0 Å². The molecule has 4 fully saturated rings. The van der Waals surface area contributed by atoms with Gasteiger partial charge >= 0.3 is 0 Å². The first kappa shape index (κ1) is 14.1. The molecule has 0 aromatic carbocycles. The predicted molar refractivity (Wildman–Crippen MR) is 85.6 cm³/mol. The summed E-state index contributed by atoms with van der Waals surface area (Å²) >= 11 is 0. The van der Waals surface area contributed by atoms with Crippen molar-refractivity contribution in [3.63, 3.8) is 0 Å². The maximum Gasteiger partial charge on any atom is 0.0574 e. The number of hydrogen-bond donors (Lipinski definition) is 1. The predicted octanol–water partition coefficient (Wildman–Crippen LogP) is 5.25. The van der Waals surface area contributed by atoms with Crippen molar-refractivity contribution in [2.75, 3.05) is 0 Å². The van der Waals surface area contributed by atoms with E-state index < -0.39 is 0 Å². The van der Waals surface area contributed by atoms with Gasteiger partial charge in [0.1, 0.15) is 0 Å². The van der Waals surface area contributed by atoms with Crippen molar-refractivity contribution in [2.45, 2.75) is 78.1 Å². The van der Waals surface area contributed by atoms with Crippen LogP contribution in [0.15, 0.2) is 5.16 Å². The third-order valence-corrected chi connectivity index (χ3v) is 8.42. The van der Waals surface area contributed by atoms with Gasteiger partial charge in [0.15, 0.2) is 0 Å². The largest absolute Gasteiger partial charge is 0.411 e. The lowest BCUT2D eigenvalue weighted by molar-refractivity contribution is -0.0921. The third kappa shape index (κ3) is 1.93. The minimum Gasteiger partial charge on any atom is -0.411 e. The summed E-state index contributed by atoms with van der Waals surface area (Å²) in [6.07, 6.45) is 13.6. The first-order chi connectivity index (χ1) is 10.1. The van der Waals surface area contributed by atoms with Gasteiger partial charge in [-0.05, 0) is 92.3 Å². The van der Waals surface area contributed by atoms with Gasteiger partial charge in [-0.15, -0.1) is 0 Å². The molecule has 4 saturated carbocycles. The molecule has 4 aliphatic carbocycles. The smallest absolute Gasteiger partial charge is 0.0574 e. The van der Waals surface area contributed by atoms with E-state index in [2.05, 4.69) is 19.0 Å². The van der Waals surface area contributed by atoms with E-state index in [0.29, 0.717) is 10.8 Å². The number of nitrogens with zero attached hydrogens (tertiary/aromatic N) is 1. The molecule has 6 atom stereocenters. The normalized spacial score (nSPS) is 54.9. The Morgan fingerprint density at radius 1 is 1.00 bits per heavy atom. The van der Waals surface area contributed by atoms with Crippen LogP contribution in [-0.4, -0.2) is 10.9 Å². The molecule has 0 aromatic heterocycles. The fourth-order valence-corrected chi connectivity index (χ4v) is 7.14. The summed E-state index contributed by atoms with van der Waals surface area (Å²) in [5.41, 5.74) is 2.27. The van der Waals surface area contributed by atoms with E-state index in [1.165, 1.54) is 51.4 Å². The van der Waals surface area contributed by atoms with Gasteiger partial charge in [0.05, 0.1) is 5.71 Å². The standard InChI is InChI=1S/C19H31NO/c1-18-9-3-4-16(18)15-6-5-13-12-14(20-21)7-11-19(13,2)17(15)8-10-18/h13,15-17,21H,3-12H2,1-2H3/b20-14-/t13-,15-,16+,17-,18+,19+/m0/s1. The lowest BCUT2D eigenvalue weighted by Crippen LogP contribution is -2.52. The summed E-state index contributed by atoms with van der Waals surface area (Å²) in [7, 11) is 0. The molecule has 2 nitrogen and oxygen atoms in total. The Kier molecular flexibility index (Phi) is 3.17. The fraction of sp³-hybridized carbons (Fsp3) is 0.947. The average Bonchev–Trinajstić information content (AvgIpc) is 2.88. The van der Waals surface area contributed by atoms with Crippen LogP contribution in [0.2, 0.25) is 0 Å². The quantitative estimate of drug-likeness (QED) is 0.479. The van der Waals surface area contributed by atoms with Crippen LogP contribution in [0, 0.1) is 34.5 Å². The van der Waals surface area contributed by atoms with Crippen LogP contribution in [0.5, 0.6) is 0 Å². The average molecular weight is 289 g/mol. The summed E-state index contributed by atoms with van der Waals surface area (Å²) in [6, 6.07) is 0. The highest BCUT2D eigenvalue weighted by Crippen LogP contribution is 2.65. The van der Waals surface area contributed by atoms with Gasteiger partial charge in [0.2, 0.25) is 0 Å². The van der Waals surface area contributed by atoms with Crippen molar-refractivity contribution in [3.8, 4) is 0 Å². The van der Waals surface area contributed by atoms with Crippen molar-refractivity contribution in [3.05, 3.63) is 0 Å². The molecule has 0 saturated heterocycles. The molecule has 1 N–H and O–H groups in total. The zero-order valence-electron chi connectivity index (χ0n) is 13.8. The molecule has 118 valence electrons. The van der Waals surface area contributed by atoms with Gasteiger partial charge in [0.25, 0.3) is 0 Å². The summed E-state index contributed by atoms with van der Waals surface area (Å²) < 4.78 is 0. The highest BCUT2D eigenvalue weighted by atomic mass is 16.4. The van der Waals surface area contributed by atoms with E-state index in [4.69, 9.17) is 5.21 Å². The summed E-state index contributed by atoms with van der Waals surface area (Å²) in [4.78, 5) is 0. The van der Waals surface area contributed by atoms with Crippen molar-refractivity contribution < 1.29 is 5.21 Å². The van der Waals surface area contributed by atoms with Gasteiger partial charge < -0.3 is 5.21 Å². The molecule has 0 radical (unpaired) electrons. The van der Waals surface area contributed by atoms with Crippen LogP contribution < -0.4 is 0 Å². The first-order valence-corrected chi connectivity index (χ1v) is 9.27. The Hall–Kier alpha value is -0.530. The molecule has 0 aromatic rings. The molecule has 0 spiro atoms. The molecular formula is C19H31NO. The van der Waals surface area contributed by atoms with Crippen molar-refractivity contribution in [1.82, 2.24) is 0 Å². The molecule has 21 heavy (non-hydrogen) atoms. The molecule has 0 aliphatic heterocycles. The maximum absolute atomic E-state index is 9.14. The number of rotatable bonds is 0. The zero-order valence-corrected chi connectivity index (χ0v) is 13.8. The van der Waals surface area contributed by atoms with Gasteiger partial charge in [-0.25, -0.2) is 0 Å². The van der Waals surface area contributed by atoms with Crippen LogP contribution in [0.1, 0.15) is 78.1 Å². The van der Waals surface area contributed by atoms with Crippen LogP contribution in [0.4, 0.5) is 0 Å². The van der Waals surface area contributed by atoms with Crippen LogP contribution >= 0.6 is 0 Å². The van der Waals surface area contributed by atoms with Gasteiger partial charge in [-0.1, -0.05) is 25.4 Å². The number of fused-ring (bicyclic) bond motifs is 5. The van der Waals surface area contributed by atoms with Crippen LogP contribution in [-0.2, 0) is 0 Å². The van der Waals surface area contributed by atoms with Crippen LogP contribution in [0.3, 0.4) is 0 Å². The SMILES string of the molecule is C[C@]12CCC[C@@H]1[C@@H]1CC[C@H]3C/C(=N\O)CC[C@@]3(C)[C@H]1CC2. The Morgan fingerprint density at radius 2 is 1.86 bits per heavy atom. The Bertz CT molecular complexity index is 458. The van der Waals surface area contributed by atoms with Crippen LogP contribution in [0.25, 0.3) is 0 Å². The topological polar surface area (TPSA) is 32.6 Å². The van der Waals surface area contributed by atoms with E-state index in [-0.39, 0.29) is 0 Å². The summed E-state index contributed by atoms with van der Waals surface area (Å²) in [6.45, 7) is 5.17. The zero-order chi connectivity index (χ0) is 14.7. The Balaban J connectivity index is 1.61. The Labute approximate surface area is 129 Å². The molecule has 0 bridgehead atoms. The molecule has 4 rings (SSSR count). The molecule has 0 unspecified atom stereocenters. The fourth-order valence-electron chi connectivity index (χ4n) is 7.14. The molecule has 0 amide bonds. The van der Waals surface area contributed by atoms with Gasteiger partial charge in [-0.2, -0.15) is 0 Å². The molecule has 2 heteroatoms. The van der Waals surface area contributed by atoms with E-state index in [1.54, 1.807) is 0 Å². The first-order valence-electron chi connectivity index (χ1n) is 9.27. The minimum absolute atomic E-state index is 0.529. The monoisotopic (exact) mass is 289 g/mol. The Morgan fingerprint density at radius 3 is 2.67 bits per heavy atom. The second kappa shape index (κ2) is 4.73. The molecular weight excluding hydrogens is 258 g/mol.